The topological polar surface area (TPSA) is 62.2 Å². The van der Waals surface area contributed by atoms with Gasteiger partial charge in [0.15, 0.2) is 0 Å². The summed E-state index contributed by atoms with van der Waals surface area (Å²) in [5, 5.41) is 20.4. The Morgan fingerprint density at radius 1 is 1.40 bits per heavy atom. The Labute approximate surface area is 119 Å². The first-order valence-corrected chi connectivity index (χ1v) is 6.87. The van der Waals surface area contributed by atoms with Crippen LogP contribution in [0, 0.1) is 11.8 Å². The van der Waals surface area contributed by atoms with Crippen LogP contribution >= 0.6 is 0 Å². The number of ether oxygens (including phenoxy) is 2. The normalized spacial score (nSPS) is 44.4. The summed E-state index contributed by atoms with van der Waals surface area (Å²) < 4.78 is 11.7. The molecule has 0 saturated carbocycles. The van der Waals surface area contributed by atoms with E-state index in [1.807, 2.05) is 26.8 Å². The molecule has 0 aromatic heterocycles. The van der Waals surface area contributed by atoms with Crippen molar-refractivity contribution in [2.75, 3.05) is 0 Å². The second-order valence-electron chi connectivity index (χ2n) is 6.45. The summed E-state index contributed by atoms with van der Waals surface area (Å²) in [4.78, 5) is 0. The van der Waals surface area contributed by atoms with Gasteiger partial charge in [-0.15, -0.1) is 0 Å². The molecule has 0 bridgehead atoms. The van der Waals surface area contributed by atoms with Gasteiger partial charge in [0.2, 0.25) is 0 Å². The summed E-state index contributed by atoms with van der Waals surface area (Å²) in [5.41, 5.74) is 0.149. The zero-order valence-electron chi connectivity index (χ0n) is 12.0. The molecule has 5 atom stereocenters. The van der Waals surface area contributed by atoms with Crippen LogP contribution < -0.4 is 0 Å². The Morgan fingerprint density at radius 3 is 2.75 bits per heavy atom. The van der Waals surface area contributed by atoms with Crippen molar-refractivity contribution in [1.29, 1.82) is 0 Å². The van der Waals surface area contributed by atoms with Crippen molar-refractivity contribution in [2.45, 2.75) is 62.8 Å². The Hall–Kier alpha value is -1.12. The third kappa shape index (κ3) is 1.94. The summed E-state index contributed by atoms with van der Waals surface area (Å²) in [7, 11) is 0. The van der Waals surface area contributed by atoms with Gasteiger partial charge in [0.1, 0.15) is 23.9 Å². The summed E-state index contributed by atoms with van der Waals surface area (Å²) in [6, 6.07) is 0. The molecule has 3 rings (SSSR count). The van der Waals surface area contributed by atoms with Gasteiger partial charge in [0.25, 0.3) is 0 Å². The number of aliphatic hydroxyl groups excluding tert-OH is 2. The van der Waals surface area contributed by atoms with Gasteiger partial charge in [-0.2, -0.15) is 0 Å². The fraction of sp³-hybridized carbons (Fsp3) is 0.625. The molecule has 1 aliphatic carbocycles. The summed E-state index contributed by atoms with van der Waals surface area (Å²) in [5.74, 6) is 5.81. The summed E-state index contributed by atoms with van der Waals surface area (Å²) in [6.45, 7) is 9.27. The van der Waals surface area contributed by atoms with Crippen LogP contribution in [0.15, 0.2) is 23.8 Å². The molecule has 2 heterocycles. The molecule has 3 aliphatic rings. The van der Waals surface area contributed by atoms with Crippen molar-refractivity contribution in [3.63, 3.8) is 0 Å². The first-order valence-electron chi connectivity index (χ1n) is 6.87. The molecule has 1 spiro atoms. The highest BCUT2D eigenvalue weighted by molar-refractivity contribution is 5.45. The van der Waals surface area contributed by atoms with Crippen molar-refractivity contribution >= 4 is 0 Å². The third-order valence-electron chi connectivity index (χ3n) is 4.35. The first kappa shape index (κ1) is 13.8. The van der Waals surface area contributed by atoms with Crippen molar-refractivity contribution in [3.8, 4) is 11.8 Å². The van der Waals surface area contributed by atoms with Crippen molar-refractivity contribution in [3.05, 3.63) is 23.8 Å². The van der Waals surface area contributed by atoms with Gasteiger partial charge < -0.3 is 19.7 Å². The number of hydrogen-bond donors (Lipinski definition) is 2. The SMILES string of the molecule is C=C(C)C#CC1=CC2OC(C)(C)C(O)CC23OC3C1O. The van der Waals surface area contributed by atoms with E-state index in [4.69, 9.17) is 9.47 Å². The smallest absolute Gasteiger partial charge is 0.130 e. The van der Waals surface area contributed by atoms with E-state index in [0.29, 0.717) is 12.0 Å². The second-order valence-corrected chi connectivity index (χ2v) is 6.45. The van der Waals surface area contributed by atoms with Crippen LogP contribution in [0.4, 0.5) is 0 Å². The molecule has 0 radical (unpaired) electrons. The van der Waals surface area contributed by atoms with Crippen molar-refractivity contribution in [1.82, 2.24) is 0 Å². The van der Waals surface area contributed by atoms with Crippen LogP contribution in [0.1, 0.15) is 27.2 Å². The lowest BCUT2D eigenvalue weighted by Gasteiger charge is -2.44. The van der Waals surface area contributed by atoms with E-state index < -0.39 is 23.4 Å². The van der Waals surface area contributed by atoms with Crippen molar-refractivity contribution < 1.29 is 19.7 Å². The lowest BCUT2D eigenvalue weighted by Crippen LogP contribution is -2.57. The van der Waals surface area contributed by atoms with E-state index in [-0.39, 0.29) is 12.2 Å². The maximum absolute atomic E-state index is 10.3. The largest absolute Gasteiger partial charge is 0.390 e. The third-order valence-corrected chi connectivity index (χ3v) is 4.35. The number of hydrogen-bond acceptors (Lipinski definition) is 4. The average Bonchev–Trinajstić information content (AvgIpc) is 3.05. The maximum Gasteiger partial charge on any atom is 0.130 e. The van der Waals surface area contributed by atoms with Crippen LogP contribution in [0.3, 0.4) is 0 Å². The van der Waals surface area contributed by atoms with E-state index in [1.165, 1.54) is 0 Å². The Kier molecular flexibility index (Phi) is 2.90. The van der Waals surface area contributed by atoms with Gasteiger partial charge in [-0.25, -0.2) is 0 Å². The van der Waals surface area contributed by atoms with Crippen LogP contribution in [0.5, 0.6) is 0 Å². The molecule has 4 heteroatoms. The van der Waals surface area contributed by atoms with E-state index in [1.54, 1.807) is 0 Å². The van der Waals surface area contributed by atoms with Crippen LogP contribution in [0.2, 0.25) is 0 Å². The van der Waals surface area contributed by atoms with Crippen LogP contribution in [-0.4, -0.2) is 45.8 Å². The number of epoxide rings is 1. The monoisotopic (exact) mass is 276 g/mol. The molecule has 2 aliphatic heterocycles. The Morgan fingerprint density at radius 2 is 2.10 bits per heavy atom. The van der Waals surface area contributed by atoms with Gasteiger partial charge in [0.05, 0.1) is 11.7 Å². The zero-order valence-corrected chi connectivity index (χ0v) is 12.0. The van der Waals surface area contributed by atoms with Crippen LogP contribution in [-0.2, 0) is 9.47 Å². The number of aliphatic hydroxyl groups is 2. The zero-order chi connectivity index (χ0) is 14.7. The second kappa shape index (κ2) is 4.19. The highest BCUT2D eigenvalue weighted by atomic mass is 16.7. The van der Waals surface area contributed by atoms with E-state index in [2.05, 4.69) is 18.4 Å². The predicted octanol–water partition coefficient (Wildman–Crippen LogP) is 0.933. The maximum atomic E-state index is 10.3. The van der Waals surface area contributed by atoms with Crippen LogP contribution in [0.25, 0.3) is 0 Å². The molecular formula is C16H20O4. The molecule has 0 aromatic rings. The average molecular weight is 276 g/mol. The minimum absolute atomic E-state index is 0.274. The molecule has 2 fully saturated rings. The van der Waals surface area contributed by atoms with Gasteiger partial charge in [-0.05, 0) is 32.4 Å². The van der Waals surface area contributed by atoms with Gasteiger partial charge in [-0.1, -0.05) is 18.4 Å². The standard InChI is InChI=1S/C16H20O4/c1-9(2)5-6-10-7-12-16(14(20-16)13(10)18)8-11(17)15(3,4)19-12/h7,11-14,17-18H,1,8H2,2-4H3. The van der Waals surface area contributed by atoms with Crippen molar-refractivity contribution in [2.24, 2.45) is 0 Å². The highest BCUT2D eigenvalue weighted by Crippen LogP contribution is 2.55. The van der Waals surface area contributed by atoms with Gasteiger partial charge in [-0.3, -0.25) is 0 Å². The Balaban J connectivity index is 1.93. The quantitative estimate of drug-likeness (QED) is 0.510. The molecule has 5 unspecified atom stereocenters. The van der Waals surface area contributed by atoms with Gasteiger partial charge in [0, 0.05) is 12.0 Å². The van der Waals surface area contributed by atoms with Gasteiger partial charge >= 0.3 is 0 Å². The minimum atomic E-state index is -0.755. The molecule has 2 saturated heterocycles. The lowest BCUT2D eigenvalue weighted by atomic mass is 9.76. The molecule has 20 heavy (non-hydrogen) atoms. The lowest BCUT2D eigenvalue weighted by molar-refractivity contribution is -0.185. The number of rotatable bonds is 0. The van der Waals surface area contributed by atoms with E-state index in [9.17, 15) is 10.2 Å². The minimum Gasteiger partial charge on any atom is -0.390 e. The fourth-order valence-corrected chi connectivity index (χ4v) is 2.99. The first-order chi connectivity index (χ1) is 9.26. The highest BCUT2D eigenvalue weighted by Gasteiger charge is 2.70. The molecule has 108 valence electrons. The molecule has 2 N–H and O–H groups in total. The predicted molar refractivity (Wildman–Crippen MR) is 73.9 cm³/mol. The summed E-state index contributed by atoms with van der Waals surface area (Å²) >= 11 is 0. The Bertz CT molecular complexity index is 551. The fourth-order valence-electron chi connectivity index (χ4n) is 2.99. The molecular weight excluding hydrogens is 256 g/mol. The molecule has 4 nitrogen and oxygen atoms in total. The molecule has 0 amide bonds. The van der Waals surface area contributed by atoms with E-state index >= 15 is 0 Å². The number of allylic oxidation sites excluding steroid dienone is 1. The molecule has 0 aromatic carbocycles. The van der Waals surface area contributed by atoms with E-state index in [0.717, 1.165) is 5.57 Å². The summed E-state index contributed by atoms with van der Waals surface area (Å²) in [6.07, 6.45) is 0.339.